The van der Waals surface area contributed by atoms with Crippen LogP contribution in [0.5, 0.6) is 0 Å². The third kappa shape index (κ3) is 3.15. The Labute approximate surface area is 101 Å². The van der Waals surface area contributed by atoms with E-state index in [-0.39, 0.29) is 11.8 Å². The highest BCUT2D eigenvalue weighted by Gasteiger charge is 2.17. The van der Waals surface area contributed by atoms with E-state index in [1.165, 1.54) is 18.5 Å². The Kier molecular flexibility index (Phi) is 4.43. The summed E-state index contributed by atoms with van der Waals surface area (Å²) in [4.78, 5) is 22.5. The summed E-state index contributed by atoms with van der Waals surface area (Å²) in [7, 11) is 0. The van der Waals surface area contributed by atoms with E-state index < -0.39 is 0 Å². The standard InChI is InChI=1S/C12H19N3O2/c1-5-6-7-11-8(2)12(13-9(3)16)15(14-11)10(4)17/h5-7H2,1-4H3,(H,13,16). The predicted octanol–water partition coefficient (Wildman–Crippen LogP) is 2.15. The summed E-state index contributed by atoms with van der Waals surface area (Å²) < 4.78 is 1.27. The van der Waals surface area contributed by atoms with Crippen LogP contribution in [0.4, 0.5) is 5.82 Å². The molecule has 0 atom stereocenters. The number of unbranched alkanes of at least 4 members (excludes halogenated alkanes) is 1. The van der Waals surface area contributed by atoms with Crippen LogP contribution in [0.3, 0.4) is 0 Å². The topological polar surface area (TPSA) is 64.0 Å². The molecule has 0 bridgehead atoms. The smallest absolute Gasteiger partial charge is 0.245 e. The van der Waals surface area contributed by atoms with Crippen LogP contribution in [0.25, 0.3) is 0 Å². The van der Waals surface area contributed by atoms with Crippen molar-refractivity contribution < 1.29 is 9.59 Å². The van der Waals surface area contributed by atoms with Gasteiger partial charge in [0.15, 0.2) is 0 Å². The maximum Gasteiger partial charge on any atom is 0.245 e. The van der Waals surface area contributed by atoms with Gasteiger partial charge in [0.1, 0.15) is 5.82 Å². The van der Waals surface area contributed by atoms with E-state index in [1.807, 2.05) is 6.92 Å². The number of amides is 1. The van der Waals surface area contributed by atoms with Gasteiger partial charge in [0.25, 0.3) is 0 Å². The molecule has 17 heavy (non-hydrogen) atoms. The lowest BCUT2D eigenvalue weighted by Gasteiger charge is -2.04. The van der Waals surface area contributed by atoms with Gasteiger partial charge in [-0.2, -0.15) is 9.78 Å². The number of nitrogens with zero attached hydrogens (tertiary/aromatic N) is 2. The first kappa shape index (κ1) is 13.4. The van der Waals surface area contributed by atoms with Crippen LogP contribution in [0.1, 0.15) is 49.7 Å². The SMILES string of the molecule is CCCCc1nn(C(C)=O)c(NC(C)=O)c1C. The zero-order chi connectivity index (χ0) is 13.0. The van der Waals surface area contributed by atoms with Crippen LogP contribution in [0, 0.1) is 6.92 Å². The van der Waals surface area contributed by atoms with Crippen LogP contribution >= 0.6 is 0 Å². The lowest BCUT2D eigenvalue weighted by Crippen LogP contribution is -2.16. The molecule has 0 aliphatic heterocycles. The molecule has 1 amide bonds. The molecule has 1 heterocycles. The molecule has 0 saturated carbocycles. The van der Waals surface area contributed by atoms with E-state index in [9.17, 15) is 9.59 Å². The van der Waals surface area contributed by atoms with Gasteiger partial charge in [-0.25, -0.2) is 0 Å². The lowest BCUT2D eigenvalue weighted by molar-refractivity contribution is -0.114. The largest absolute Gasteiger partial charge is 0.311 e. The predicted molar refractivity (Wildman–Crippen MR) is 66.2 cm³/mol. The number of rotatable bonds is 4. The Morgan fingerprint density at radius 3 is 2.47 bits per heavy atom. The van der Waals surface area contributed by atoms with Crippen LogP contribution in [0.2, 0.25) is 0 Å². The number of hydrogen-bond donors (Lipinski definition) is 1. The average Bonchev–Trinajstić information content (AvgIpc) is 2.53. The minimum absolute atomic E-state index is 0.195. The molecule has 0 aliphatic carbocycles. The molecule has 5 heteroatoms. The summed E-state index contributed by atoms with van der Waals surface area (Å²) >= 11 is 0. The molecule has 0 spiro atoms. The van der Waals surface area contributed by atoms with Gasteiger partial charge in [0, 0.05) is 19.4 Å². The van der Waals surface area contributed by atoms with Gasteiger partial charge in [0.05, 0.1) is 5.69 Å². The highest BCUT2D eigenvalue weighted by atomic mass is 16.2. The Bertz CT molecular complexity index is 435. The minimum Gasteiger partial charge on any atom is -0.311 e. The molecule has 94 valence electrons. The Balaban J connectivity index is 3.10. The molecule has 0 unspecified atom stereocenters. The number of carbonyl (C=O) groups is 2. The van der Waals surface area contributed by atoms with E-state index in [2.05, 4.69) is 17.3 Å². The van der Waals surface area contributed by atoms with Crippen LogP contribution < -0.4 is 5.32 Å². The Hall–Kier alpha value is -1.65. The lowest BCUT2D eigenvalue weighted by atomic mass is 10.1. The number of nitrogens with one attached hydrogen (secondary N) is 1. The molecule has 1 aromatic heterocycles. The van der Waals surface area contributed by atoms with Gasteiger partial charge in [0.2, 0.25) is 11.8 Å². The van der Waals surface area contributed by atoms with Crippen molar-refractivity contribution in [1.29, 1.82) is 0 Å². The van der Waals surface area contributed by atoms with E-state index in [0.717, 1.165) is 30.5 Å². The monoisotopic (exact) mass is 237 g/mol. The van der Waals surface area contributed by atoms with Crippen molar-refractivity contribution >= 4 is 17.6 Å². The average molecular weight is 237 g/mol. The second kappa shape index (κ2) is 5.61. The van der Waals surface area contributed by atoms with Crippen molar-refractivity contribution in [2.75, 3.05) is 5.32 Å². The minimum atomic E-state index is -0.197. The van der Waals surface area contributed by atoms with E-state index >= 15 is 0 Å². The first-order valence-corrected chi connectivity index (χ1v) is 5.84. The van der Waals surface area contributed by atoms with E-state index in [4.69, 9.17) is 0 Å². The molecule has 5 nitrogen and oxygen atoms in total. The molecular formula is C12H19N3O2. The molecule has 0 radical (unpaired) electrons. The first-order chi connectivity index (χ1) is 7.97. The van der Waals surface area contributed by atoms with Gasteiger partial charge >= 0.3 is 0 Å². The second-order valence-electron chi connectivity index (χ2n) is 4.14. The van der Waals surface area contributed by atoms with Gasteiger partial charge in [-0.3, -0.25) is 9.59 Å². The third-order valence-electron chi connectivity index (χ3n) is 2.58. The summed E-state index contributed by atoms with van der Waals surface area (Å²) in [6.45, 7) is 6.83. The summed E-state index contributed by atoms with van der Waals surface area (Å²) in [6.07, 6.45) is 2.92. The van der Waals surface area contributed by atoms with Crippen LogP contribution in [-0.2, 0) is 11.2 Å². The van der Waals surface area contributed by atoms with Gasteiger partial charge in [-0.05, 0) is 19.8 Å². The maximum atomic E-state index is 11.4. The quantitative estimate of drug-likeness (QED) is 0.872. The second-order valence-corrected chi connectivity index (χ2v) is 4.14. The summed E-state index contributed by atoms with van der Waals surface area (Å²) in [6, 6.07) is 0. The molecule has 1 aromatic rings. The number of hydrogen-bond acceptors (Lipinski definition) is 3. The molecule has 0 saturated heterocycles. The summed E-state index contributed by atoms with van der Waals surface area (Å²) in [5, 5.41) is 6.91. The van der Waals surface area contributed by atoms with Crippen molar-refractivity contribution in [3.05, 3.63) is 11.3 Å². The number of aryl methyl sites for hydroxylation is 1. The van der Waals surface area contributed by atoms with Gasteiger partial charge in [-0.1, -0.05) is 13.3 Å². The molecule has 1 rings (SSSR count). The Morgan fingerprint density at radius 2 is 2.00 bits per heavy atom. The molecule has 0 aromatic carbocycles. The van der Waals surface area contributed by atoms with Gasteiger partial charge in [-0.15, -0.1) is 0 Å². The number of aromatic nitrogens is 2. The van der Waals surface area contributed by atoms with Gasteiger partial charge < -0.3 is 5.32 Å². The van der Waals surface area contributed by atoms with Crippen LogP contribution in [0.15, 0.2) is 0 Å². The number of carbonyl (C=O) groups excluding carboxylic acids is 2. The normalized spacial score (nSPS) is 10.4. The van der Waals surface area contributed by atoms with Crippen molar-refractivity contribution in [3.63, 3.8) is 0 Å². The zero-order valence-electron chi connectivity index (χ0n) is 10.8. The molecular weight excluding hydrogens is 218 g/mol. The highest BCUT2D eigenvalue weighted by Crippen LogP contribution is 2.20. The highest BCUT2D eigenvalue weighted by molar-refractivity contribution is 5.91. The van der Waals surface area contributed by atoms with E-state index in [1.54, 1.807) is 0 Å². The number of anilines is 1. The molecule has 0 fully saturated rings. The molecule has 0 aliphatic rings. The Morgan fingerprint density at radius 1 is 1.35 bits per heavy atom. The first-order valence-electron chi connectivity index (χ1n) is 5.84. The summed E-state index contributed by atoms with van der Waals surface area (Å²) in [5.74, 6) is 0.105. The fourth-order valence-corrected chi connectivity index (χ4v) is 1.66. The molecule has 1 N–H and O–H groups in total. The van der Waals surface area contributed by atoms with Crippen LogP contribution in [-0.4, -0.2) is 21.6 Å². The van der Waals surface area contributed by atoms with Crippen molar-refractivity contribution in [2.45, 2.75) is 47.0 Å². The van der Waals surface area contributed by atoms with Crippen molar-refractivity contribution in [2.24, 2.45) is 0 Å². The fraction of sp³-hybridized carbons (Fsp3) is 0.583. The van der Waals surface area contributed by atoms with Crippen molar-refractivity contribution in [3.8, 4) is 0 Å². The fourth-order valence-electron chi connectivity index (χ4n) is 1.66. The van der Waals surface area contributed by atoms with Crippen molar-refractivity contribution in [1.82, 2.24) is 9.78 Å². The zero-order valence-corrected chi connectivity index (χ0v) is 10.8. The third-order valence-corrected chi connectivity index (χ3v) is 2.58. The summed E-state index contributed by atoms with van der Waals surface area (Å²) in [5.41, 5.74) is 1.76. The van der Waals surface area contributed by atoms with E-state index in [0.29, 0.717) is 5.82 Å². The maximum absolute atomic E-state index is 11.4.